The minimum atomic E-state index is -4.09. The van der Waals surface area contributed by atoms with Gasteiger partial charge in [-0.15, -0.1) is 0 Å². The Morgan fingerprint density at radius 1 is 0.927 bits per heavy atom. The van der Waals surface area contributed by atoms with Crippen LogP contribution in [0.3, 0.4) is 0 Å². The fourth-order valence-corrected chi connectivity index (χ4v) is 6.62. The highest BCUT2D eigenvalue weighted by molar-refractivity contribution is 7.92. The van der Waals surface area contributed by atoms with Crippen molar-refractivity contribution in [2.24, 2.45) is 0 Å². The maximum Gasteiger partial charge on any atom is 0.264 e. The molecule has 0 aromatic heterocycles. The third kappa shape index (κ3) is 7.68. The number of sulfonamides is 1. The minimum absolute atomic E-state index is 0.0803. The smallest absolute Gasteiger partial charge is 0.264 e. The number of carbonyl (C=O) groups excluding carboxylic acids is 2. The molecule has 4 rings (SSSR count). The summed E-state index contributed by atoms with van der Waals surface area (Å²) in [6.45, 7) is 5.20. The van der Waals surface area contributed by atoms with E-state index in [2.05, 4.69) is 5.32 Å². The lowest BCUT2D eigenvalue weighted by Gasteiger charge is -2.33. The monoisotopic (exact) mass is 595 g/mol. The summed E-state index contributed by atoms with van der Waals surface area (Å²) < 4.78 is 29.0. The van der Waals surface area contributed by atoms with Crippen LogP contribution in [0.5, 0.6) is 0 Å². The lowest BCUT2D eigenvalue weighted by atomic mass is 9.95. The van der Waals surface area contributed by atoms with Crippen molar-refractivity contribution in [2.45, 2.75) is 76.4 Å². The quantitative estimate of drug-likeness (QED) is 0.311. The number of anilines is 1. The molecule has 41 heavy (non-hydrogen) atoms. The molecule has 2 amide bonds. The largest absolute Gasteiger partial charge is 0.352 e. The summed E-state index contributed by atoms with van der Waals surface area (Å²) in [5.41, 5.74) is 3.08. The Morgan fingerprint density at radius 2 is 1.59 bits per heavy atom. The zero-order valence-corrected chi connectivity index (χ0v) is 25.4. The van der Waals surface area contributed by atoms with Gasteiger partial charge in [-0.05, 0) is 86.7 Å². The molecule has 0 radical (unpaired) electrons. The molecule has 218 valence electrons. The molecule has 1 saturated carbocycles. The molecule has 1 N–H and O–H groups in total. The Labute approximate surface area is 248 Å². The molecule has 0 spiro atoms. The van der Waals surface area contributed by atoms with Crippen molar-refractivity contribution in [2.75, 3.05) is 10.8 Å². The number of rotatable bonds is 10. The number of carbonyl (C=O) groups is 2. The predicted molar refractivity (Wildman–Crippen MR) is 163 cm³/mol. The average Bonchev–Trinajstić information content (AvgIpc) is 2.97. The van der Waals surface area contributed by atoms with E-state index in [0.29, 0.717) is 10.7 Å². The van der Waals surface area contributed by atoms with E-state index in [0.717, 1.165) is 53.1 Å². The fraction of sp³-hybridized carbons (Fsp3) is 0.375. The van der Waals surface area contributed by atoms with E-state index < -0.39 is 28.5 Å². The molecule has 1 unspecified atom stereocenters. The molecule has 9 heteroatoms. The van der Waals surface area contributed by atoms with Crippen molar-refractivity contribution >= 4 is 39.1 Å². The average molecular weight is 596 g/mol. The highest BCUT2D eigenvalue weighted by atomic mass is 35.5. The van der Waals surface area contributed by atoms with E-state index in [4.69, 9.17) is 11.6 Å². The summed E-state index contributed by atoms with van der Waals surface area (Å²) in [4.78, 5) is 29.0. The van der Waals surface area contributed by atoms with Crippen LogP contribution in [0.4, 0.5) is 5.69 Å². The molecule has 1 aliphatic rings. The fourth-order valence-electron chi connectivity index (χ4n) is 5.07. The number of hydrogen-bond donors (Lipinski definition) is 1. The second-order valence-corrected chi connectivity index (χ2v) is 13.1. The normalized spacial score (nSPS) is 14.7. The van der Waals surface area contributed by atoms with Crippen molar-refractivity contribution in [3.8, 4) is 0 Å². The Kier molecular flexibility index (Phi) is 10.1. The Balaban J connectivity index is 1.68. The summed E-state index contributed by atoms with van der Waals surface area (Å²) in [7, 11) is -4.09. The van der Waals surface area contributed by atoms with Crippen molar-refractivity contribution in [1.82, 2.24) is 10.2 Å². The maximum atomic E-state index is 14.1. The number of amides is 2. The Morgan fingerprint density at radius 3 is 2.22 bits per heavy atom. The van der Waals surface area contributed by atoms with Crippen molar-refractivity contribution in [3.63, 3.8) is 0 Å². The van der Waals surface area contributed by atoms with Crippen LogP contribution in [0.1, 0.15) is 55.7 Å². The zero-order valence-electron chi connectivity index (χ0n) is 23.8. The number of halogens is 1. The molecule has 0 saturated heterocycles. The highest BCUT2D eigenvalue weighted by Gasteiger charge is 2.33. The maximum absolute atomic E-state index is 14.1. The van der Waals surface area contributed by atoms with Crippen molar-refractivity contribution in [3.05, 3.63) is 94.5 Å². The molecule has 3 aromatic carbocycles. The van der Waals surface area contributed by atoms with Gasteiger partial charge in [-0.1, -0.05) is 67.3 Å². The molecule has 3 aromatic rings. The van der Waals surface area contributed by atoms with Crippen LogP contribution >= 0.6 is 11.6 Å². The van der Waals surface area contributed by atoms with Gasteiger partial charge in [0.2, 0.25) is 11.8 Å². The minimum Gasteiger partial charge on any atom is -0.352 e. The second-order valence-electron chi connectivity index (χ2n) is 10.8. The van der Waals surface area contributed by atoms with E-state index in [9.17, 15) is 18.0 Å². The first-order valence-corrected chi connectivity index (χ1v) is 15.9. The van der Waals surface area contributed by atoms with Gasteiger partial charge in [0.15, 0.2) is 0 Å². The molecule has 1 atom stereocenters. The summed E-state index contributed by atoms with van der Waals surface area (Å²) >= 11 is 6.08. The van der Waals surface area contributed by atoms with Crippen LogP contribution in [-0.2, 0) is 26.2 Å². The van der Waals surface area contributed by atoms with Gasteiger partial charge in [-0.25, -0.2) is 8.42 Å². The molecular weight excluding hydrogens is 558 g/mol. The third-order valence-corrected chi connectivity index (χ3v) is 9.81. The topological polar surface area (TPSA) is 86.8 Å². The lowest BCUT2D eigenvalue weighted by molar-refractivity contribution is -0.139. The summed E-state index contributed by atoms with van der Waals surface area (Å²) in [5.74, 6) is -0.730. The SMILES string of the molecule is Cc1ccc(N(CC(=O)N(Cc2ccc(Cl)cc2)C(C)C(=O)NC2CCCCC2)S(=O)(=O)c2ccccc2)cc1C. The van der Waals surface area contributed by atoms with Gasteiger partial charge in [0.1, 0.15) is 12.6 Å². The molecule has 0 aliphatic heterocycles. The summed E-state index contributed by atoms with van der Waals surface area (Å²) in [6, 6.07) is 19.7. The van der Waals surface area contributed by atoms with E-state index in [-0.39, 0.29) is 23.4 Å². The van der Waals surface area contributed by atoms with E-state index in [1.165, 1.54) is 17.0 Å². The van der Waals surface area contributed by atoms with Crippen molar-refractivity contribution in [1.29, 1.82) is 0 Å². The van der Waals surface area contributed by atoms with Crippen LogP contribution < -0.4 is 9.62 Å². The number of nitrogens with zero attached hydrogens (tertiary/aromatic N) is 2. The lowest BCUT2D eigenvalue weighted by Crippen LogP contribution is -2.53. The first-order chi connectivity index (χ1) is 19.6. The number of hydrogen-bond acceptors (Lipinski definition) is 4. The third-order valence-electron chi connectivity index (χ3n) is 7.77. The van der Waals surface area contributed by atoms with Gasteiger partial charge in [-0.2, -0.15) is 0 Å². The standard InChI is InChI=1S/C32H38ClN3O4S/c1-23-14-19-29(20-24(23)2)36(41(39,40)30-12-8-5-9-13-30)22-31(37)35(21-26-15-17-27(33)18-16-26)25(3)32(38)34-28-10-6-4-7-11-28/h5,8-9,12-20,25,28H,4,6-7,10-11,21-22H2,1-3H3,(H,34,38). The molecule has 1 fully saturated rings. The van der Waals surface area contributed by atoms with Crippen LogP contribution in [0.25, 0.3) is 0 Å². The van der Waals surface area contributed by atoms with Crippen LogP contribution in [0, 0.1) is 13.8 Å². The van der Waals surface area contributed by atoms with Gasteiger partial charge in [0.05, 0.1) is 10.6 Å². The first kappa shape index (κ1) is 30.6. The van der Waals surface area contributed by atoms with E-state index in [1.54, 1.807) is 61.5 Å². The van der Waals surface area contributed by atoms with Gasteiger partial charge >= 0.3 is 0 Å². The molecule has 7 nitrogen and oxygen atoms in total. The van der Waals surface area contributed by atoms with E-state index in [1.807, 2.05) is 19.9 Å². The van der Waals surface area contributed by atoms with Crippen LogP contribution in [-0.4, -0.2) is 43.8 Å². The molecule has 1 aliphatic carbocycles. The molecule has 0 bridgehead atoms. The predicted octanol–water partition coefficient (Wildman–Crippen LogP) is 6.02. The molecule has 0 heterocycles. The van der Waals surface area contributed by atoms with Gasteiger partial charge < -0.3 is 10.2 Å². The van der Waals surface area contributed by atoms with Gasteiger partial charge in [0, 0.05) is 17.6 Å². The second kappa shape index (κ2) is 13.5. The van der Waals surface area contributed by atoms with Crippen LogP contribution in [0.15, 0.2) is 77.7 Å². The molecular formula is C32H38ClN3O4S. The van der Waals surface area contributed by atoms with Crippen molar-refractivity contribution < 1.29 is 18.0 Å². The zero-order chi connectivity index (χ0) is 29.6. The number of benzene rings is 3. The van der Waals surface area contributed by atoms with Crippen LogP contribution in [0.2, 0.25) is 5.02 Å². The highest BCUT2D eigenvalue weighted by Crippen LogP contribution is 2.27. The van der Waals surface area contributed by atoms with Gasteiger partial charge in [0.25, 0.3) is 10.0 Å². The summed E-state index contributed by atoms with van der Waals surface area (Å²) in [5, 5.41) is 3.68. The first-order valence-electron chi connectivity index (χ1n) is 14.1. The van der Waals surface area contributed by atoms with Gasteiger partial charge in [-0.3, -0.25) is 13.9 Å². The summed E-state index contributed by atoms with van der Waals surface area (Å²) in [6.07, 6.45) is 5.12. The Hall–Kier alpha value is -3.36. The number of nitrogens with one attached hydrogen (secondary N) is 1. The Bertz CT molecular complexity index is 1460. The number of aryl methyl sites for hydroxylation is 2. The van der Waals surface area contributed by atoms with E-state index >= 15 is 0 Å².